The Kier molecular flexibility index (Phi) is 5.12. The van der Waals surface area contributed by atoms with Crippen molar-refractivity contribution in [2.24, 2.45) is 10.9 Å². The summed E-state index contributed by atoms with van der Waals surface area (Å²) in [6, 6.07) is 0. The lowest BCUT2D eigenvalue weighted by Crippen LogP contribution is -2.24. The molecule has 0 bridgehead atoms. The maximum absolute atomic E-state index is 12.2. The molecule has 0 aromatic carbocycles. The fraction of sp³-hybridized carbons (Fsp3) is 0.545. The standard InChI is InChI=1S/C11H15F3N4O2/c1-3-6-7(4-2)16-17-10(8(6)9(15)18-19)20-5-11(12,13)14/h19H,3-5H2,1-2H3,(H2,15,18). The Hall–Kier alpha value is -2.06. The van der Waals surface area contributed by atoms with Gasteiger partial charge in [0.1, 0.15) is 0 Å². The monoisotopic (exact) mass is 292 g/mol. The summed E-state index contributed by atoms with van der Waals surface area (Å²) in [7, 11) is 0. The molecule has 6 nitrogen and oxygen atoms in total. The van der Waals surface area contributed by atoms with Crippen LogP contribution in [0.5, 0.6) is 5.88 Å². The Morgan fingerprint density at radius 1 is 1.30 bits per heavy atom. The molecule has 0 amide bonds. The fourth-order valence-electron chi connectivity index (χ4n) is 1.72. The van der Waals surface area contributed by atoms with Crippen LogP contribution in [0, 0.1) is 0 Å². The first-order chi connectivity index (χ1) is 9.34. The molecule has 0 aliphatic carbocycles. The highest BCUT2D eigenvalue weighted by molar-refractivity contribution is 6.00. The second-order valence-corrected chi connectivity index (χ2v) is 3.90. The fourth-order valence-corrected chi connectivity index (χ4v) is 1.72. The summed E-state index contributed by atoms with van der Waals surface area (Å²) in [6.45, 7) is 2.06. The molecule has 20 heavy (non-hydrogen) atoms. The summed E-state index contributed by atoms with van der Waals surface area (Å²) in [4.78, 5) is 0. The second kappa shape index (κ2) is 6.40. The predicted molar refractivity (Wildman–Crippen MR) is 64.8 cm³/mol. The average molecular weight is 292 g/mol. The third kappa shape index (κ3) is 3.72. The topological polar surface area (TPSA) is 93.6 Å². The SMILES string of the molecule is CCc1nnc(OCC(F)(F)F)c(C(N)=NO)c1CC. The van der Waals surface area contributed by atoms with Crippen LogP contribution in [0.3, 0.4) is 0 Å². The van der Waals surface area contributed by atoms with Crippen LogP contribution in [0.1, 0.15) is 30.7 Å². The summed E-state index contributed by atoms with van der Waals surface area (Å²) < 4.78 is 41.2. The van der Waals surface area contributed by atoms with Crippen LogP contribution in [-0.4, -0.2) is 34.0 Å². The number of alkyl halides is 3. The molecule has 0 atom stereocenters. The van der Waals surface area contributed by atoms with E-state index in [2.05, 4.69) is 20.1 Å². The van der Waals surface area contributed by atoms with E-state index in [1.165, 1.54) is 0 Å². The largest absolute Gasteiger partial charge is 0.466 e. The van der Waals surface area contributed by atoms with E-state index in [1.807, 2.05) is 6.92 Å². The maximum Gasteiger partial charge on any atom is 0.422 e. The average Bonchev–Trinajstić information content (AvgIpc) is 2.42. The number of aryl methyl sites for hydroxylation is 1. The molecule has 1 rings (SSSR count). The van der Waals surface area contributed by atoms with Crippen molar-refractivity contribution in [2.75, 3.05) is 6.61 Å². The highest BCUT2D eigenvalue weighted by Gasteiger charge is 2.30. The highest BCUT2D eigenvalue weighted by atomic mass is 19.4. The molecular weight excluding hydrogens is 277 g/mol. The van der Waals surface area contributed by atoms with Crippen LogP contribution in [0.15, 0.2) is 5.16 Å². The maximum atomic E-state index is 12.2. The first kappa shape index (κ1) is 16.0. The molecule has 0 saturated heterocycles. The minimum absolute atomic E-state index is 0.0473. The van der Waals surface area contributed by atoms with Gasteiger partial charge in [0.2, 0.25) is 5.88 Å². The van der Waals surface area contributed by atoms with Crippen LogP contribution < -0.4 is 10.5 Å². The van der Waals surface area contributed by atoms with Crippen molar-refractivity contribution in [3.05, 3.63) is 16.8 Å². The van der Waals surface area contributed by atoms with E-state index in [-0.39, 0.29) is 11.4 Å². The number of rotatable bonds is 5. The van der Waals surface area contributed by atoms with Gasteiger partial charge in [0.15, 0.2) is 12.4 Å². The summed E-state index contributed by atoms with van der Waals surface area (Å²) in [5.74, 6) is -0.754. The number of ether oxygens (including phenoxy) is 1. The zero-order valence-corrected chi connectivity index (χ0v) is 11.0. The summed E-state index contributed by atoms with van der Waals surface area (Å²) in [5.41, 5.74) is 6.67. The number of amidine groups is 1. The Labute approximate surface area is 113 Å². The Morgan fingerprint density at radius 2 is 1.95 bits per heavy atom. The van der Waals surface area contributed by atoms with Crippen LogP contribution in [0.2, 0.25) is 0 Å². The smallest absolute Gasteiger partial charge is 0.422 e. The van der Waals surface area contributed by atoms with Gasteiger partial charge in [-0.3, -0.25) is 0 Å². The van der Waals surface area contributed by atoms with Crippen molar-refractivity contribution in [3.8, 4) is 5.88 Å². The predicted octanol–water partition coefficient (Wildman–Crippen LogP) is 1.64. The molecular formula is C11H15F3N4O2. The van der Waals surface area contributed by atoms with Crippen molar-refractivity contribution < 1.29 is 23.1 Å². The zero-order chi connectivity index (χ0) is 15.3. The molecule has 1 aromatic heterocycles. The Morgan fingerprint density at radius 3 is 2.40 bits per heavy atom. The lowest BCUT2D eigenvalue weighted by atomic mass is 10.0. The number of oxime groups is 1. The van der Waals surface area contributed by atoms with Gasteiger partial charge in [-0.15, -0.1) is 5.10 Å². The van der Waals surface area contributed by atoms with Gasteiger partial charge in [0, 0.05) is 0 Å². The molecule has 0 aliphatic heterocycles. The molecule has 1 heterocycles. The van der Waals surface area contributed by atoms with Gasteiger partial charge in [-0.05, 0) is 18.4 Å². The molecule has 0 unspecified atom stereocenters. The van der Waals surface area contributed by atoms with Gasteiger partial charge < -0.3 is 15.7 Å². The minimum atomic E-state index is -4.51. The summed E-state index contributed by atoms with van der Waals surface area (Å²) in [5, 5.41) is 19.0. The van der Waals surface area contributed by atoms with E-state index in [0.717, 1.165) is 0 Å². The first-order valence-corrected chi connectivity index (χ1v) is 5.89. The molecule has 9 heteroatoms. The van der Waals surface area contributed by atoms with Gasteiger partial charge in [-0.1, -0.05) is 19.0 Å². The zero-order valence-electron chi connectivity index (χ0n) is 11.0. The van der Waals surface area contributed by atoms with Gasteiger partial charge in [0.25, 0.3) is 0 Å². The van der Waals surface area contributed by atoms with E-state index in [0.29, 0.717) is 24.1 Å². The van der Waals surface area contributed by atoms with Gasteiger partial charge in [-0.25, -0.2) is 0 Å². The lowest BCUT2D eigenvalue weighted by molar-refractivity contribution is -0.154. The number of nitrogens with two attached hydrogens (primary N) is 1. The second-order valence-electron chi connectivity index (χ2n) is 3.90. The summed E-state index contributed by atoms with van der Waals surface area (Å²) >= 11 is 0. The lowest BCUT2D eigenvalue weighted by Gasteiger charge is -2.15. The quantitative estimate of drug-likeness (QED) is 0.372. The van der Waals surface area contributed by atoms with Crippen molar-refractivity contribution in [1.82, 2.24) is 10.2 Å². The summed E-state index contributed by atoms with van der Waals surface area (Å²) in [6.07, 6.45) is -3.56. The third-order valence-corrected chi connectivity index (χ3v) is 2.55. The van der Waals surface area contributed by atoms with Gasteiger partial charge in [0.05, 0.1) is 11.3 Å². The van der Waals surface area contributed by atoms with Crippen LogP contribution in [0.4, 0.5) is 13.2 Å². The van der Waals surface area contributed by atoms with Crippen molar-refractivity contribution in [2.45, 2.75) is 32.9 Å². The van der Waals surface area contributed by atoms with Crippen molar-refractivity contribution in [1.29, 1.82) is 0 Å². The van der Waals surface area contributed by atoms with Crippen molar-refractivity contribution >= 4 is 5.84 Å². The molecule has 0 aliphatic rings. The van der Waals surface area contributed by atoms with E-state index in [9.17, 15) is 13.2 Å². The molecule has 0 radical (unpaired) electrons. The Bertz CT molecular complexity index is 503. The molecule has 3 N–H and O–H groups in total. The van der Waals surface area contributed by atoms with E-state index >= 15 is 0 Å². The number of hydrogen-bond acceptors (Lipinski definition) is 5. The van der Waals surface area contributed by atoms with Gasteiger partial charge in [-0.2, -0.15) is 18.3 Å². The van der Waals surface area contributed by atoms with Gasteiger partial charge >= 0.3 is 6.18 Å². The van der Waals surface area contributed by atoms with Crippen LogP contribution in [0.25, 0.3) is 0 Å². The normalized spacial score (nSPS) is 12.6. The highest BCUT2D eigenvalue weighted by Crippen LogP contribution is 2.24. The molecule has 1 aromatic rings. The van der Waals surface area contributed by atoms with Crippen LogP contribution in [-0.2, 0) is 12.8 Å². The van der Waals surface area contributed by atoms with E-state index in [1.54, 1.807) is 6.92 Å². The van der Waals surface area contributed by atoms with E-state index in [4.69, 9.17) is 10.9 Å². The van der Waals surface area contributed by atoms with E-state index < -0.39 is 18.7 Å². The number of halogens is 3. The number of hydrogen-bond donors (Lipinski definition) is 2. The number of aromatic nitrogens is 2. The van der Waals surface area contributed by atoms with Crippen LogP contribution >= 0.6 is 0 Å². The number of nitrogens with zero attached hydrogens (tertiary/aromatic N) is 3. The van der Waals surface area contributed by atoms with Crippen molar-refractivity contribution in [3.63, 3.8) is 0 Å². The minimum Gasteiger partial charge on any atom is -0.466 e. The molecule has 0 saturated carbocycles. The first-order valence-electron chi connectivity index (χ1n) is 5.89. The molecule has 0 spiro atoms. The molecule has 112 valence electrons. The molecule has 0 fully saturated rings. The third-order valence-electron chi connectivity index (χ3n) is 2.55. The Balaban J connectivity index is 3.30.